The molecule has 20 heavy (non-hydrogen) atoms. The number of ether oxygens (including phenoxy) is 1. The number of rotatable bonds is 10. The van der Waals surface area contributed by atoms with Gasteiger partial charge in [0, 0.05) is 37.1 Å². The molecular weight excluding hydrogens is 250 g/mol. The maximum Gasteiger partial charge on any atom is 0.0672 e. The summed E-state index contributed by atoms with van der Waals surface area (Å²) in [5, 5.41) is 8.26. The maximum absolute atomic E-state index is 5.43. The molecule has 1 heterocycles. The van der Waals surface area contributed by atoms with E-state index >= 15 is 0 Å². The van der Waals surface area contributed by atoms with Gasteiger partial charge >= 0.3 is 0 Å². The number of nitrogens with zero attached hydrogens (tertiary/aromatic N) is 2. The molecule has 0 saturated heterocycles. The Bertz CT molecular complexity index is 383. The molecule has 1 unspecified atom stereocenters. The van der Waals surface area contributed by atoms with Crippen LogP contribution in [0.2, 0.25) is 0 Å². The fraction of sp³-hybridized carbons (Fsp3) is 0.812. The Morgan fingerprint density at radius 1 is 1.20 bits per heavy atom. The van der Waals surface area contributed by atoms with Crippen LogP contribution in [0.4, 0.5) is 0 Å². The molecule has 0 spiro atoms. The van der Waals surface area contributed by atoms with Crippen molar-refractivity contribution in [3.05, 3.63) is 17.0 Å². The zero-order valence-electron chi connectivity index (χ0n) is 13.8. The third-order valence-electron chi connectivity index (χ3n) is 3.81. The molecule has 4 nitrogen and oxygen atoms in total. The highest BCUT2D eigenvalue weighted by atomic mass is 16.5. The van der Waals surface area contributed by atoms with Crippen molar-refractivity contribution in [2.45, 2.75) is 66.0 Å². The lowest BCUT2D eigenvalue weighted by atomic mass is 9.99. The second-order valence-corrected chi connectivity index (χ2v) is 5.04. The van der Waals surface area contributed by atoms with Gasteiger partial charge in [-0.25, -0.2) is 0 Å². The van der Waals surface area contributed by atoms with E-state index in [9.17, 15) is 0 Å². The topological polar surface area (TPSA) is 39.1 Å². The predicted octanol–water partition coefficient (Wildman–Crippen LogP) is 3.11. The average Bonchev–Trinajstić information content (AvgIpc) is 2.83. The highest BCUT2D eigenvalue weighted by Crippen LogP contribution is 2.26. The molecule has 0 radical (unpaired) electrons. The first-order valence-electron chi connectivity index (χ1n) is 8.06. The molecule has 0 saturated carbocycles. The van der Waals surface area contributed by atoms with Crippen molar-refractivity contribution in [1.29, 1.82) is 0 Å². The summed E-state index contributed by atoms with van der Waals surface area (Å²) >= 11 is 0. The molecule has 0 aliphatic rings. The highest BCUT2D eigenvalue weighted by Gasteiger charge is 2.21. The highest BCUT2D eigenvalue weighted by molar-refractivity contribution is 5.30. The summed E-state index contributed by atoms with van der Waals surface area (Å²) in [7, 11) is 2.04. The standard InChI is InChI=1S/C16H31N3O/c1-6-13(17-5)16-14(7-2)18-19(15(16)8-3)11-10-12-20-9-4/h13,17H,6-12H2,1-5H3. The molecule has 0 amide bonds. The number of nitrogens with one attached hydrogen (secondary N) is 1. The molecular formula is C16H31N3O. The molecule has 4 heteroatoms. The number of aryl methyl sites for hydroxylation is 2. The molecule has 1 atom stereocenters. The van der Waals surface area contributed by atoms with Gasteiger partial charge in [-0.1, -0.05) is 20.8 Å². The van der Waals surface area contributed by atoms with E-state index in [2.05, 4.69) is 30.8 Å². The van der Waals surface area contributed by atoms with Crippen LogP contribution in [0.1, 0.15) is 63.5 Å². The monoisotopic (exact) mass is 281 g/mol. The van der Waals surface area contributed by atoms with E-state index in [1.807, 2.05) is 14.0 Å². The minimum atomic E-state index is 0.417. The lowest BCUT2D eigenvalue weighted by molar-refractivity contribution is 0.140. The van der Waals surface area contributed by atoms with Gasteiger partial charge in [0.1, 0.15) is 0 Å². The molecule has 0 aromatic carbocycles. The summed E-state index contributed by atoms with van der Waals surface area (Å²) in [5.41, 5.74) is 4.07. The molecule has 1 aromatic heterocycles. The fourth-order valence-corrected chi connectivity index (χ4v) is 2.80. The van der Waals surface area contributed by atoms with Gasteiger partial charge in [0.25, 0.3) is 0 Å². The Hall–Kier alpha value is -0.870. The Balaban J connectivity index is 2.95. The summed E-state index contributed by atoms with van der Waals surface area (Å²) in [6, 6.07) is 0.417. The molecule has 0 aliphatic carbocycles. The van der Waals surface area contributed by atoms with E-state index in [0.717, 1.165) is 45.4 Å². The van der Waals surface area contributed by atoms with E-state index in [1.165, 1.54) is 17.0 Å². The average molecular weight is 281 g/mol. The van der Waals surface area contributed by atoms with Crippen LogP contribution in [0.5, 0.6) is 0 Å². The Kier molecular flexibility index (Phi) is 7.85. The molecule has 1 aromatic rings. The van der Waals surface area contributed by atoms with Gasteiger partial charge in [0.05, 0.1) is 5.69 Å². The van der Waals surface area contributed by atoms with E-state index in [-0.39, 0.29) is 0 Å². The van der Waals surface area contributed by atoms with E-state index in [1.54, 1.807) is 0 Å². The van der Waals surface area contributed by atoms with Gasteiger partial charge in [0.2, 0.25) is 0 Å². The number of hydrogen-bond donors (Lipinski definition) is 1. The van der Waals surface area contributed by atoms with Crippen LogP contribution in [-0.2, 0) is 24.1 Å². The van der Waals surface area contributed by atoms with Crippen molar-refractivity contribution in [1.82, 2.24) is 15.1 Å². The van der Waals surface area contributed by atoms with Crippen LogP contribution >= 0.6 is 0 Å². The smallest absolute Gasteiger partial charge is 0.0672 e. The second-order valence-electron chi connectivity index (χ2n) is 5.04. The fourth-order valence-electron chi connectivity index (χ4n) is 2.80. The lowest BCUT2D eigenvalue weighted by Crippen LogP contribution is -2.18. The molecule has 0 aliphatic heterocycles. The largest absolute Gasteiger partial charge is 0.382 e. The third-order valence-corrected chi connectivity index (χ3v) is 3.81. The maximum atomic E-state index is 5.43. The number of aromatic nitrogens is 2. The van der Waals surface area contributed by atoms with E-state index in [4.69, 9.17) is 9.84 Å². The van der Waals surface area contributed by atoms with Gasteiger partial charge < -0.3 is 10.1 Å². The van der Waals surface area contributed by atoms with Crippen LogP contribution in [0.3, 0.4) is 0 Å². The predicted molar refractivity (Wildman–Crippen MR) is 84.2 cm³/mol. The van der Waals surface area contributed by atoms with Crippen molar-refractivity contribution in [2.75, 3.05) is 20.3 Å². The molecule has 0 bridgehead atoms. The second kappa shape index (κ2) is 9.14. The van der Waals surface area contributed by atoms with E-state index in [0.29, 0.717) is 6.04 Å². The van der Waals surface area contributed by atoms with Crippen molar-refractivity contribution < 1.29 is 4.74 Å². The van der Waals surface area contributed by atoms with Crippen LogP contribution in [0, 0.1) is 0 Å². The number of hydrogen-bond acceptors (Lipinski definition) is 3. The zero-order valence-corrected chi connectivity index (χ0v) is 13.8. The van der Waals surface area contributed by atoms with Crippen molar-refractivity contribution >= 4 is 0 Å². The summed E-state index contributed by atoms with van der Waals surface area (Å²) in [6.45, 7) is 11.3. The van der Waals surface area contributed by atoms with Crippen LogP contribution < -0.4 is 5.32 Å². The molecule has 0 fully saturated rings. The van der Waals surface area contributed by atoms with Crippen molar-refractivity contribution in [2.24, 2.45) is 0 Å². The Labute approximate surface area is 123 Å². The quantitative estimate of drug-likeness (QED) is 0.670. The first kappa shape index (κ1) is 17.2. The lowest BCUT2D eigenvalue weighted by Gasteiger charge is -2.16. The van der Waals surface area contributed by atoms with Crippen molar-refractivity contribution in [3.63, 3.8) is 0 Å². The molecule has 116 valence electrons. The SMILES string of the molecule is CCOCCCn1nc(CC)c(C(CC)NC)c1CC. The van der Waals surface area contributed by atoms with Gasteiger partial charge in [0.15, 0.2) is 0 Å². The van der Waals surface area contributed by atoms with Gasteiger partial charge in [-0.05, 0) is 39.7 Å². The van der Waals surface area contributed by atoms with Gasteiger partial charge in [-0.3, -0.25) is 4.68 Å². The summed E-state index contributed by atoms with van der Waals surface area (Å²) in [5.74, 6) is 0. The van der Waals surface area contributed by atoms with Crippen LogP contribution in [0.25, 0.3) is 0 Å². The summed E-state index contributed by atoms with van der Waals surface area (Å²) in [6.07, 6.45) is 4.16. The minimum absolute atomic E-state index is 0.417. The minimum Gasteiger partial charge on any atom is -0.382 e. The van der Waals surface area contributed by atoms with E-state index < -0.39 is 0 Å². The van der Waals surface area contributed by atoms with Gasteiger partial charge in [-0.2, -0.15) is 5.10 Å². The Morgan fingerprint density at radius 3 is 2.45 bits per heavy atom. The molecule has 1 N–H and O–H groups in total. The summed E-state index contributed by atoms with van der Waals surface area (Å²) < 4.78 is 7.63. The summed E-state index contributed by atoms with van der Waals surface area (Å²) in [4.78, 5) is 0. The third kappa shape index (κ3) is 4.06. The van der Waals surface area contributed by atoms with Gasteiger partial charge in [-0.15, -0.1) is 0 Å². The van der Waals surface area contributed by atoms with Crippen LogP contribution in [0.15, 0.2) is 0 Å². The van der Waals surface area contributed by atoms with Crippen molar-refractivity contribution in [3.8, 4) is 0 Å². The Morgan fingerprint density at radius 2 is 1.95 bits per heavy atom. The first-order valence-corrected chi connectivity index (χ1v) is 8.06. The van der Waals surface area contributed by atoms with Crippen LogP contribution in [-0.4, -0.2) is 30.0 Å². The zero-order chi connectivity index (χ0) is 15.0. The first-order chi connectivity index (χ1) is 9.73. The molecule has 1 rings (SSSR count). The normalized spacial score (nSPS) is 12.8.